The van der Waals surface area contributed by atoms with Gasteiger partial charge in [0.1, 0.15) is 11.8 Å². The molecule has 34 heavy (non-hydrogen) atoms. The summed E-state index contributed by atoms with van der Waals surface area (Å²) < 4.78 is 0. The minimum atomic E-state index is -0.240. The first-order chi connectivity index (χ1) is 16.6. The average molecular weight is 463 g/mol. The summed E-state index contributed by atoms with van der Waals surface area (Å²) in [6.45, 7) is 3.21. The minimum Gasteiger partial charge on any atom is -0.345 e. The van der Waals surface area contributed by atoms with E-state index in [0.29, 0.717) is 56.2 Å². The summed E-state index contributed by atoms with van der Waals surface area (Å²) in [7, 11) is 0. The molecule has 0 bridgehead atoms. The van der Waals surface area contributed by atoms with Crippen molar-refractivity contribution in [3.05, 3.63) is 47.5 Å². The Balaban J connectivity index is 1.20. The van der Waals surface area contributed by atoms with Gasteiger partial charge in [-0.05, 0) is 30.5 Å². The molecule has 1 atom stereocenters. The van der Waals surface area contributed by atoms with Gasteiger partial charge in [-0.15, -0.1) is 0 Å². The maximum atomic E-state index is 13.3. The lowest BCUT2D eigenvalue weighted by molar-refractivity contribution is -0.182. The molecule has 5 rings (SSSR count). The number of hydroxylamine groups is 2. The Kier molecular flexibility index (Phi) is 6.33. The van der Waals surface area contributed by atoms with Crippen molar-refractivity contribution in [1.82, 2.24) is 30.6 Å². The van der Waals surface area contributed by atoms with Gasteiger partial charge < -0.3 is 15.5 Å². The monoisotopic (exact) mass is 462 g/mol. The Morgan fingerprint density at radius 3 is 2.76 bits per heavy atom. The lowest BCUT2D eigenvalue weighted by Crippen LogP contribution is -2.57. The summed E-state index contributed by atoms with van der Waals surface area (Å²) in [5.74, 6) is 0.0709. The molecule has 0 aliphatic carbocycles. The van der Waals surface area contributed by atoms with Gasteiger partial charge in [-0.25, -0.2) is 15.0 Å². The van der Waals surface area contributed by atoms with Crippen LogP contribution in [-0.4, -0.2) is 70.7 Å². The number of nitrogens with zero attached hydrogens (tertiary/aromatic N) is 6. The van der Waals surface area contributed by atoms with Gasteiger partial charge in [-0.3, -0.25) is 19.4 Å². The molecule has 0 radical (unpaired) electrons. The van der Waals surface area contributed by atoms with Crippen LogP contribution in [0.5, 0.6) is 0 Å². The molecule has 11 heteroatoms. The lowest BCUT2D eigenvalue weighted by atomic mass is 9.94. The van der Waals surface area contributed by atoms with Gasteiger partial charge in [0.05, 0.1) is 24.3 Å². The highest BCUT2D eigenvalue weighted by Crippen LogP contribution is 2.33. The average Bonchev–Trinajstić information content (AvgIpc) is 3.36. The van der Waals surface area contributed by atoms with Crippen molar-refractivity contribution in [2.24, 2.45) is 5.92 Å². The number of pyridine rings is 1. The van der Waals surface area contributed by atoms with Crippen LogP contribution in [0.25, 0.3) is 0 Å². The zero-order valence-corrected chi connectivity index (χ0v) is 18.7. The van der Waals surface area contributed by atoms with E-state index in [1.165, 1.54) is 11.3 Å². The van der Waals surface area contributed by atoms with Gasteiger partial charge in [0.15, 0.2) is 0 Å². The molecule has 3 fully saturated rings. The van der Waals surface area contributed by atoms with Gasteiger partial charge in [-0.1, -0.05) is 0 Å². The Morgan fingerprint density at radius 2 is 2.03 bits per heavy atom. The van der Waals surface area contributed by atoms with Crippen molar-refractivity contribution in [2.75, 3.05) is 37.7 Å². The van der Waals surface area contributed by atoms with Crippen LogP contribution in [0.3, 0.4) is 0 Å². The fourth-order valence-corrected chi connectivity index (χ4v) is 4.47. The Bertz CT molecular complexity index is 1110. The minimum absolute atomic E-state index is 0.0485. The molecule has 2 amide bonds. The predicted octanol–water partition coefficient (Wildman–Crippen LogP) is 0.566. The third-order valence-corrected chi connectivity index (χ3v) is 6.51. The molecule has 5 heterocycles. The van der Waals surface area contributed by atoms with E-state index >= 15 is 0 Å². The molecule has 0 saturated carbocycles. The molecule has 2 aromatic rings. The standard InChI is InChI=1S/C23H26N8O3/c24-10-15-9-17(12-25-11-15)20-4-8-34-31(20)22(33)16-2-6-30(7-3-16)23-27-5-1-19(29-23)21(32)28-18-13-26-14-18/h1,5,9,11-12,16,18,20,26H,2-4,6-8,13-14H2,(H,28,32)/t20-/m0/s1. The molecule has 0 unspecified atom stereocenters. The molecule has 0 spiro atoms. The van der Waals surface area contributed by atoms with Gasteiger partial charge in [0.2, 0.25) is 11.9 Å². The van der Waals surface area contributed by atoms with Crippen molar-refractivity contribution < 1.29 is 14.4 Å². The van der Waals surface area contributed by atoms with Crippen LogP contribution in [0.2, 0.25) is 0 Å². The van der Waals surface area contributed by atoms with E-state index in [1.807, 2.05) is 4.90 Å². The van der Waals surface area contributed by atoms with Gasteiger partial charge in [-0.2, -0.15) is 5.26 Å². The van der Waals surface area contributed by atoms with Gasteiger partial charge in [0, 0.05) is 57.1 Å². The maximum Gasteiger partial charge on any atom is 0.270 e. The van der Waals surface area contributed by atoms with Crippen molar-refractivity contribution >= 4 is 17.8 Å². The third kappa shape index (κ3) is 4.55. The molecule has 3 aliphatic rings. The topological polar surface area (TPSA) is 136 Å². The number of nitriles is 1. The maximum absolute atomic E-state index is 13.3. The van der Waals surface area contributed by atoms with Crippen LogP contribution in [-0.2, 0) is 9.63 Å². The summed E-state index contributed by atoms with van der Waals surface area (Å²) in [4.78, 5) is 46.3. The van der Waals surface area contributed by atoms with Crippen LogP contribution < -0.4 is 15.5 Å². The first kappa shape index (κ1) is 22.2. The molecular weight excluding hydrogens is 436 g/mol. The first-order valence-electron chi connectivity index (χ1n) is 11.5. The van der Waals surface area contributed by atoms with Gasteiger partial charge in [0.25, 0.3) is 5.91 Å². The predicted molar refractivity (Wildman–Crippen MR) is 120 cm³/mol. The summed E-state index contributed by atoms with van der Waals surface area (Å²) in [5, 5.41) is 16.7. The van der Waals surface area contributed by atoms with E-state index in [2.05, 4.69) is 31.7 Å². The molecule has 3 saturated heterocycles. The fourth-order valence-electron chi connectivity index (χ4n) is 4.47. The second-order valence-corrected chi connectivity index (χ2v) is 8.75. The number of piperidine rings is 1. The largest absolute Gasteiger partial charge is 0.345 e. The van der Waals surface area contributed by atoms with E-state index in [1.54, 1.807) is 24.5 Å². The van der Waals surface area contributed by atoms with E-state index in [0.717, 1.165) is 18.7 Å². The molecule has 3 aliphatic heterocycles. The highest BCUT2D eigenvalue weighted by atomic mass is 16.7. The van der Waals surface area contributed by atoms with Crippen LogP contribution >= 0.6 is 0 Å². The number of nitrogens with one attached hydrogen (secondary N) is 2. The van der Waals surface area contributed by atoms with Crippen molar-refractivity contribution in [1.29, 1.82) is 5.26 Å². The second-order valence-electron chi connectivity index (χ2n) is 8.75. The molecule has 0 aromatic carbocycles. The number of amides is 2. The zero-order valence-electron chi connectivity index (χ0n) is 18.7. The second kappa shape index (κ2) is 9.70. The summed E-state index contributed by atoms with van der Waals surface area (Å²) in [5.41, 5.74) is 1.62. The normalized spacial score (nSPS) is 21.1. The summed E-state index contributed by atoms with van der Waals surface area (Å²) >= 11 is 0. The first-order valence-corrected chi connectivity index (χ1v) is 11.5. The number of anilines is 1. The van der Waals surface area contributed by atoms with Crippen molar-refractivity contribution in [3.63, 3.8) is 0 Å². The Morgan fingerprint density at radius 1 is 1.21 bits per heavy atom. The number of hydrogen-bond donors (Lipinski definition) is 2. The number of carbonyl (C=O) groups excluding carboxylic acids is 2. The third-order valence-electron chi connectivity index (χ3n) is 6.51. The highest BCUT2D eigenvalue weighted by Gasteiger charge is 2.37. The van der Waals surface area contributed by atoms with E-state index in [9.17, 15) is 9.59 Å². The smallest absolute Gasteiger partial charge is 0.270 e. The number of rotatable bonds is 5. The molecule has 2 aromatic heterocycles. The van der Waals surface area contributed by atoms with E-state index in [-0.39, 0.29) is 29.8 Å². The Hall–Kier alpha value is -3.62. The summed E-state index contributed by atoms with van der Waals surface area (Å²) in [6, 6.07) is 5.37. The zero-order chi connectivity index (χ0) is 23.5. The number of carbonyl (C=O) groups is 2. The van der Waals surface area contributed by atoms with Crippen molar-refractivity contribution in [2.45, 2.75) is 31.3 Å². The SMILES string of the molecule is N#Cc1cncc([C@@H]2CCON2C(=O)C2CCN(c3nccc(C(=O)NC4CNC4)n3)CC2)c1. The summed E-state index contributed by atoms with van der Waals surface area (Å²) in [6.07, 6.45) is 6.72. The van der Waals surface area contributed by atoms with Crippen molar-refractivity contribution in [3.8, 4) is 6.07 Å². The molecule has 176 valence electrons. The van der Waals surface area contributed by atoms with Crippen LogP contribution in [0, 0.1) is 17.2 Å². The molecular formula is C23H26N8O3. The molecule has 2 N–H and O–H groups in total. The number of hydrogen-bond acceptors (Lipinski definition) is 9. The van der Waals surface area contributed by atoms with Crippen LogP contribution in [0.1, 0.15) is 46.9 Å². The van der Waals surface area contributed by atoms with Crippen LogP contribution in [0.15, 0.2) is 30.7 Å². The highest BCUT2D eigenvalue weighted by molar-refractivity contribution is 5.92. The van der Waals surface area contributed by atoms with Gasteiger partial charge >= 0.3 is 0 Å². The fraction of sp³-hybridized carbons (Fsp3) is 0.478. The van der Waals surface area contributed by atoms with E-state index < -0.39 is 0 Å². The quantitative estimate of drug-likeness (QED) is 0.653. The number of aromatic nitrogens is 3. The van der Waals surface area contributed by atoms with E-state index in [4.69, 9.17) is 10.1 Å². The molecule has 11 nitrogen and oxygen atoms in total. The lowest BCUT2D eigenvalue weighted by Gasteiger charge is -2.34. The van der Waals surface area contributed by atoms with Crippen LogP contribution in [0.4, 0.5) is 5.95 Å². The Labute approximate surface area is 197 Å².